The maximum absolute atomic E-state index is 13.4. The summed E-state index contributed by atoms with van der Waals surface area (Å²) in [5.41, 5.74) is 3.58. The molecule has 0 bridgehead atoms. The van der Waals surface area contributed by atoms with Crippen LogP contribution in [-0.2, 0) is 22.4 Å². The van der Waals surface area contributed by atoms with Crippen molar-refractivity contribution in [2.45, 2.75) is 51.5 Å². The number of hydrogen-bond donors (Lipinski definition) is 0. The first kappa shape index (κ1) is 19.0. The zero-order valence-electron chi connectivity index (χ0n) is 17.1. The quantitative estimate of drug-likeness (QED) is 0.653. The van der Waals surface area contributed by atoms with Crippen LogP contribution in [0.2, 0.25) is 0 Å². The fourth-order valence-corrected chi connectivity index (χ4v) is 4.38. The second kappa shape index (κ2) is 7.68. The molecule has 8 nitrogen and oxygen atoms in total. The molecule has 2 aliphatic rings. The Bertz CT molecular complexity index is 1050. The van der Waals surface area contributed by atoms with Gasteiger partial charge in [0.15, 0.2) is 5.82 Å². The van der Waals surface area contributed by atoms with Crippen LogP contribution in [0.5, 0.6) is 0 Å². The van der Waals surface area contributed by atoms with Gasteiger partial charge in [0.2, 0.25) is 11.8 Å². The number of amides is 1. The minimum atomic E-state index is -0.285. The van der Waals surface area contributed by atoms with Crippen molar-refractivity contribution in [3.8, 4) is 0 Å². The van der Waals surface area contributed by atoms with Crippen molar-refractivity contribution in [3.05, 3.63) is 58.6 Å². The first-order valence-electron chi connectivity index (χ1n) is 10.3. The van der Waals surface area contributed by atoms with Gasteiger partial charge in [-0.05, 0) is 38.3 Å². The van der Waals surface area contributed by atoms with Crippen LogP contribution in [0.25, 0.3) is 0 Å². The van der Waals surface area contributed by atoms with Crippen LogP contribution in [0, 0.1) is 13.8 Å². The standard InChI is InChI=1S/C22H24N4O4/c1-13-17(14(2)29-24-13)12-20(27)26-18-6-4-3-5-16(18)11-19(26)21-23-22(30-25-21)15-7-9-28-10-8-15/h3-6,15,19H,7-12H2,1-2H3. The number of fused-ring (bicyclic) bond motifs is 1. The number of para-hydroxylation sites is 1. The Morgan fingerprint density at radius 3 is 2.70 bits per heavy atom. The molecule has 1 fully saturated rings. The summed E-state index contributed by atoms with van der Waals surface area (Å²) < 4.78 is 16.3. The van der Waals surface area contributed by atoms with E-state index in [0.717, 1.165) is 35.3 Å². The molecule has 0 N–H and O–H groups in total. The third-order valence-corrected chi connectivity index (χ3v) is 6.08. The number of aryl methyl sites for hydroxylation is 2. The number of nitrogens with zero attached hydrogens (tertiary/aromatic N) is 4. The van der Waals surface area contributed by atoms with Gasteiger partial charge >= 0.3 is 0 Å². The molecule has 1 unspecified atom stereocenters. The van der Waals surface area contributed by atoms with Crippen LogP contribution >= 0.6 is 0 Å². The Morgan fingerprint density at radius 2 is 1.93 bits per heavy atom. The summed E-state index contributed by atoms with van der Waals surface area (Å²) in [7, 11) is 0. The van der Waals surface area contributed by atoms with Crippen LogP contribution in [0.3, 0.4) is 0 Å². The molecule has 0 saturated carbocycles. The van der Waals surface area contributed by atoms with E-state index in [1.165, 1.54) is 0 Å². The maximum atomic E-state index is 13.4. The number of ether oxygens (including phenoxy) is 1. The van der Waals surface area contributed by atoms with Crippen molar-refractivity contribution in [2.24, 2.45) is 0 Å². The van der Waals surface area contributed by atoms with Crippen molar-refractivity contribution in [3.63, 3.8) is 0 Å². The van der Waals surface area contributed by atoms with Crippen molar-refractivity contribution in [1.82, 2.24) is 15.3 Å². The van der Waals surface area contributed by atoms with Gasteiger partial charge in [-0.1, -0.05) is 28.5 Å². The van der Waals surface area contributed by atoms with Gasteiger partial charge in [-0.3, -0.25) is 4.79 Å². The predicted octanol–water partition coefficient (Wildman–Crippen LogP) is 3.44. The molecule has 2 aromatic heterocycles. The largest absolute Gasteiger partial charge is 0.381 e. The molecule has 3 aromatic rings. The van der Waals surface area contributed by atoms with E-state index >= 15 is 0 Å². The van der Waals surface area contributed by atoms with Crippen LogP contribution < -0.4 is 4.90 Å². The highest BCUT2D eigenvalue weighted by Crippen LogP contribution is 2.40. The Labute approximate surface area is 174 Å². The van der Waals surface area contributed by atoms with Crippen LogP contribution in [0.4, 0.5) is 5.69 Å². The van der Waals surface area contributed by atoms with Gasteiger partial charge in [0.25, 0.3) is 0 Å². The van der Waals surface area contributed by atoms with Crippen LogP contribution in [-0.4, -0.2) is 34.4 Å². The molecule has 0 aliphatic carbocycles. The average Bonchev–Trinajstić information content (AvgIpc) is 3.47. The monoisotopic (exact) mass is 408 g/mol. The van der Waals surface area contributed by atoms with E-state index in [0.29, 0.717) is 37.1 Å². The van der Waals surface area contributed by atoms with Gasteiger partial charge in [-0.15, -0.1) is 0 Å². The summed E-state index contributed by atoms with van der Waals surface area (Å²) in [6.07, 6.45) is 2.63. The lowest BCUT2D eigenvalue weighted by Gasteiger charge is -2.23. The lowest BCUT2D eigenvalue weighted by atomic mass is 10.0. The summed E-state index contributed by atoms with van der Waals surface area (Å²) in [6.45, 7) is 5.10. The number of hydrogen-bond acceptors (Lipinski definition) is 7. The number of benzene rings is 1. The number of aromatic nitrogens is 3. The molecule has 0 spiro atoms. The topological polar surface area (TPSA) is 94.5 Å². The molecule has 5 rings (SSSR count). The lowest BCUT2D eigenvalue weighted by Crippen LogP contribution is -2.34. The first-order valence-corrected chi connectivity index (χ1v) is 10.3. The van der Waals surface area contributed by atoms with Gasteiger partial charge in [0.05, 0.1) is 12.1 Å². The normalized spacial score (nSPS) is 19.3. The third-order valence-electron chi connectivity index (χ3n) is 6.08. The van der Waals surface area contributed by atoms with E-state index in [9.17, 15) is 4.79 Å². The molecule has 1 atom stereocenters. The highest BCUT2D eigenvalue weighted by atomic mass is 16.5. The number of anilines is 1. The molecule has 30 heavy (non-hydrogen) atoms. The van der Waals surface area contributed by atoms with E-state index in [1.54, 1.807) is 4.90 Å². The predicted molar refractivity (Wildman–Crippen MR) is 107 cm³/mol. The SMILES string of the molecule is Cc1noc(C)c1CC(=O)N1c2ccccc2CC1c1noc(C2CCOCC2)n1. The molecule has 156 valence electrons. The summed E-state index contributed by atoms with van der Waals surface area (Å²) in [5, 5.41) is 8.25. The maximum Gasteiger partial charge on any atom is 0.232 e. The van der Waals surface area contributed by atoms with E-state index in [2.05, 4.69) is 10.3 Å². The Morgan fingerprint density at radius 1 is 1.13 bits per heavy atom. The minimum absolute atomic E-state index is 0.0308. The number of carbonyl (C=O) groups excluding carboxylic acids is 1. The van der Waals surface area contributed by atoms with E-state index in [4.69, 9.17) is 18.8 Å². The molecule has 8 heteroatoms. The summed E-state index contributed by atoms with van der Waals surface area (Å²) >= 11 is 0. The number of rotatable bonds is 4. The molecule has 0 radical (unpaired) electrons. The molecule has 2 aliphatic heterocycles. The highest BCUT2D eigenvalue weighted by molar-refractivity contribution is 5.97. The lowest BCUT2D eigenvalue weighted by molar-refractivity contribution is -0.118. The fraction of sp³-hybridized carbons (Fsp3) is 0.455. The fourth-order valence-electron chi connectivity index (χ4n) is 4.38. The van der Waals surface area contributed by atoms with Crippen molar-refractivity contribution >= 4 is 11.6 Å². The Kier molecular flexibility index (Phi) is 4.86. The minimum Gasteiger partial charge on any atom is -0.381 e. The second-order valence-electron chi connectivity index (χ2n) is 7.97. The molecular weight excluding hydrogens is 384 g/mol. The van der Waals surface area contributed by atoms with Crippen molar-refractivity contribution in [2.75, 3.05) is 18.1 Å². The molecular formula is C22H24N4O4. The van der Waals surface area contributed by atoms with Gasteiger partial charge in [0.1, 0.15) is 11.8 Å². The van der Waals surface area contributed by atoms with E-state index in [-0.39, 0.29) is 24.3 Å². The van der Waals surface area contributed by atoms with Crippen molar-refractivity contribution in [1.29, 1.82) is 0 Å². The van der Waals surface area contributed by atoms with Gasteiger partial charge in [-0.2, -0.15) is 4.98 Å². The molecule has 1 aromatic carbocycles. The third kappa shape index (κ3) is 3.31. The van der Waals surface area contributed by atoms with Gasteiger partial charge in [0, 0.05) is 36.8 Å². The molecule has 1 amide bonds. The summed E-state index contributed by atoms with van der Waals surface area (Å²) in [5.74, 6) is 2.06. The molecule has 1 saturated heterocycles. The zero-order valence-corrected chi connectivity index (χ0v) is 17.1. The average molecular weight is 408 g/mol. The first-order chi connectivity index (χ1) is 14.6. The van der Waals surface area contributed by atoms with Crippen molar-refractivity contribution < 1.29 is 18.6 Å². The summed E-state index contributed by atoms with van der Waals surface area (Å²) in [6, 6.07) is 7.67. The second-order valence-corrected chi connectivity index (χ2v) is 7.97. The van der Waals surface area contributed by atoms with Gasteiger partial charge in [-0.25, -0.2) is 0 Å². The van der Waals surface area contributed by atoms with Crippen LogP contribution in [0.15, 0.2) is 33.3 Å². The van der Waals surface area contributed by atoms with Gasteiger partial charge < -0.3 is 18.7 Å². The zero-order chi connectivity index (χ0) is 20.7. The Balaban J connectivity index is 1.45. The van der Waals surface area contributed by atoms with Crippen LogP contribution in [0.1, 0.15) is 59.1 Å². The van der Waals surface area contributed by atoms with E-state index in [1.807, 2.05) is 38.1 Å². The summed E-state index contributed by atoms with van der Waals surface area (Å²) in [4.78, 5) is 19.9. The Hall–Kier alpha value is -3.00. The highest BCUT2D eigenvalue weighted by Gasteiger charge is 2.38. The van der Waals surface area contributed by atoms with E-state index < -0.39 is 0 Å². The number of carbonyl (C=O) groups is 1. The molecule has 4 heterocycles. The smallest absolute Gasteiger partial charge is 0.232 e.